The van der Waals surface area contributed by atoms with E-state index in [1.807, 2.05) is 0 Å². The van der Waals surface area contributed by atoms with Crippen molar-refractivity contribution in [3.63, 3.8) is 0 Å². The van der Waals surface area contributed by atoms with E-state index in [1.54, 1.807) is 0 Å². The number of ether oxygens (including phenoxy) is 1. The van der Waals surface area contributed by atoms with E-state index in [9.17, 15) is 26.3 Å². The highest BCUT2D eigenvalue weighted by Gasteiger charge is 2.71. The molecule has 0 saturated carbocycles. The van der Waals surface area contributed by atoms with E-state index in [2.05, 4.69) is 13.2 Å². The van der Waals surface area contributed by atoms with E-state index < -0.39 is 30.2 Å². The van der Waals surface area contributed by atoms with Crippen molar-refractivity contribution in [2.45, 2.75) is 37.4 Å². The van der Waals surface area contributed by atoms with Gasteiger partial charge in [-0.1, -0.05) is 43.5 Å². The van der Waals surface area contributed by atoms with Crippen molar-refractivity contribution < 1.29 is 36.2 Å². The van der Waals surface area contributed by atoms with Gasteiger partial charge in [-0.2, -0.15) is 26.3 Å². The fourth-order valence-corrected chi connectivity index (χ4v) is 1.44. The van der Waals surface area contributed by atoms with Gasteiger partial charge in [0.1, 0.15) is 0 Å². The maximum Gasteiger partial charge on any atom is 0.428 e. The number of hydrogen-bond acceptors (Lipinski definition) is 2. The molecule has 0 rings (SSSR count). The van der Waals surface area contributed by atoms with Crippen LogP contribution >= 0.6 is 0 Å². The van der Waals surface area contributed by atoms with Crippen molar-refractivity contribution in [3.8, 4) is 0 Å². The SMILES string of the molecule is C=C/C=C/C=C(\C=C)C(C)(C)OCC(O)(C(F)(F)F)C(F)(F)F. The van der Waals surface area contributed by atoms with E-state index >= 15 is 0 Å². The molecule has 8 heteroatoms. The van der Waals surface area contributed by atoms with Crippen molar-refractivity contribution in [3.05, 3.63) is 49.1 Å². The standard InChI is InChI=1S/C15H18F6O2/c1-5-7-8-9-11(6-2)12(3,4)23-10-13(22,14(16,17)18)15(19,20)21/h5-9,22H,1-2,10H2,3-4H3/b8-7+,11-9+. The van der Waals surface area contributed by atoms with E-state index in [-0.39, 0.29) is 5.57 Å². The zero-order valence-electron chi connectivity index (χ0n) is 12.6. The van der Waals surface area contributed by atoms with Crippen molar-refractivity contribution in [2.75, 3.05) is 6.61 Å². The Morgan fingerprint density at radius 2 is 1.48 bits per heavy atom. The predicted octanol–water partition coefficient (Wildman–Crippen LogP) is 4.49. The molecule has 0 aromatic heterocycles. The minimum Gasteiger partial charge on any atom is -0.372 e. The number of halogens is 6. The Morgan fingerprint density at radius 1 is 1.00 bits per heavy atom. The summed E-state index contributed by atoms with van der Waals surface area (Å²) in [5.74, 6) is 0. The van der Waals surface area contributed by atoms with Crippen LogP contribution in [0.4, 0.5) is 26.3 Å². The monoisotopic (exact) mass is 344 g/mol. The van der Waals surface area contributed by atoms with Crippen LogP contribution in [0.15, 0.2) is 49.1 Å². The normalized spacial score (nSPS) is 15.1. The molecule has 0 fully saturated rings. The Bertz CT molecular complexity index is 469. The van der Waals surface area contributed by atoms with E-state index in [0.29, 0.717) is 0 Å². The Kier molecular flexibility index (Phi) is 6.86. The maximum atomic E-state index is 12.6. The molecule has 2 nitrogen and oxygen atoms in total. The van der Waals surface area contributed by atoms with Gasteiger partial charge in [-0.3, -0.25) is 0 Å². The molecule has 0 spiro atoms. The van der Waals surface area contributed by atoms with Gasteiger partial charge in [0.25, 0.3) is 5.60 Å². The lowest BCUT2D eigenvalue weighted by Gasteiger charge is -2.36. The lowest BCUT2D eigenvalue weighted by atomic mass is 9.96. The molecule has 0 atom stereocenters. The van der Waals surface area contributed by atoms with E-state index in [4.69, 9.17) is 9.84 Å². The number of hydrogen-bond donors (Lipinski definition) is 1. The highest BCUT2D eigenvalue weighted by atomic mass is 19.4. The molecule has 0 aliphatic heterocycles. The third kappa shape index (κ3) is 5.24. The molecular weight excluding hydrogens is 326 g/mol. The van der Waals surface area contributed by atoms with Gasteiger partial charge >= 0.3 is 12.4 Å². The lowest BCUT2D eigenvalue weighted by molar-refractivity contribution is -0.381. The summed E-state index contributed by atoms with van der Waals surface area (Å²) in [6, 6.07) is 0. The fourth-order valence-electron chi connectivity index (χ4n) is 1.44. The second kappa shape index (κ2) is 7.35. The second-order valence-corrected chi connectivity index (χ2v) is 5.10. The average molecular weight is 344 g/mol. The van der Waals surface area contributed by atoms with Crippen LogP contribution in [0.3, 0.4) is 0 Å². The maximum absolute atomic E-state index is 12.6. The highest BCUT2D eigenvalue weighted by molar-refractivity contribution is 5.30. The first-order valence-electron chi connectivity index (χ1n) is 6.35. The molecule has 0 saturated heterocycles. The van der Waals surface area contributed by atoms with Gasteiger partial charge < -0.3 is 9.84 Å². The van der Waals surface area contributed by atoms with Crippen LogP contribution in [0, 0.1) is 0 Å². The quantitative estimate of drug-likeness (QED) is 0.545. The molecule has 0 aliphatic carbocycles. The average Bonchev–Trinajstić information content (AvgIpc) is 2.38. The van der Waals surface area contributed by atoms with Gasteiger partial charge in [-0.15, -0.1) is 0 Å². The minimum absolute atomic E-state index is 0.224. The van der Waals surface area contributed by atoms with Crippen LogP contribution in [0.5, 0.6) is 0 Å². The number of allylic oxidation sites excluding steroid dienone is 4. The Balaban J connectivity index is 5.45. The van der Waals surface area contributed by atoms with Crippen LogP contribution in [-0.4, -0.2) is 35.3 Å². The Labute approximate surface area is 130 Å². The van der Waals surface area contributed by atoms with Crippen LogP contribution in [0.25, 0.3) is 0 Å². The van der Waals surface area contributed by atoms with E-state index in [1.165, 1.54) is 44.2 Å². The molecular formula is C15H18F6O2. The van der Waals surface area contributed by atoms with Gasteiger partial charge in [0, 0.05) is 0 Å². The van der Waals surface area contributed by atoms with E-state index in [0.717, 1.165) is 0 Å². The Morgan fingerprint density at radius 3 is 1.83 bits per heavy atom. The molecule has 0 amide bonds. The third-order valence-electron chi connectivity index (χ3n) is 3.02. The molecule has 0 aromatic rings. The minimum atomic E-state index is -5.93. The van der Waals surface area contributed by atoms with Gasteiger partial charge in [0.2, 0.25) is 0 Å². The lowest BCUT2D eigenvalue weighted by Crippen LogP contribution is -2.60. The largest absolute Gasteiger partial charge is 0.428 e. The molecule has 0 aromatic carbocycles. The zero-order chi connectivity index (χ0) is 18.5. The summed E-state index contributed by atoms with van der Waals surface area (Å²) in [4.78, 5) is 0. The summed E-state index contributed by atoms with van der Waals surface area (Å²) < 4.78 is 80.3. The first-order chi connectivity index (χ1) is 10.2. The summed E-state index contributed by atoms with van der Waals surface area (Å²) in [5, 5.41) is 9.07. The second-order valence-electron chi connectivity index (χ2n) is 5.10. The summed E-state index contributed by atoms with van der Waals surface area (Å²) in [7, 11) is 0. The summed E-state index contributed by atoms with van der Waals surface area (Å²) in [6.45, 7) is 7.37. The summed E-state index contributed by atoms with van der Waals surface area (Å²) >= 11 is 0. The first kappa shape index (κ1) is 21.5. The highest BCUT2D eigenvalue weighted by Crippen LogP contribution is 2.44. The number of alkyl halides is 6. The summed E-state index contributed by atoms with van der Waals surface area (Å²) in [5.41, 5.74) is -6.28. The molecule has 0 aliphatic rings. The molecule has 23 heavy (non-hydrogen) atoms. The van der Waals surface area contributed by atoms with Crippen molar-refractivity contribution >= 4 is 0 Å². The molecule has 0 bridgehead atoms. The van der Waals surface area contributed by atoms with Crippen LogP contribution in [0.2, 0.25) is 0 Å². The molecule has 132 valence electrons. The predicted molar refractivity (Wildman–Crippen MR) is 74.7 cm³/mol. The zero-order valence-corrected chi connectivity index (χ0v) is 12.6. The number of aliphatic hydroxyl groups is 1. The third-order valence-corrected chi connectivity index (χ3v) is 3.02. The van der Waals surface area contributed by atoms with Crippen LogP contribution in [-0.2, 0) is 4.74 Å². The Hall–Kier alpha value is -1.54. The van der Waals surface area contributed by atoms with Crippen molar-refractivity contribution in [1.29, 1.82) is 0 Å². The fraction of sp³-hybridized carbons (Fsp3) is 0.467. The smallest absolute Gasteiger partial charge is 0.372 e. The van der Waals surface area contributed by atoms with Gasteiger partial charge in [0.05, 0.1) is 12.2 Å². The first-order valence-corrected chi connectivity index (χ1v) is 6.35. The van der Waals surface area contributed by atoms with Gasteiger partial charge in [0.15, 0.2) is 0 Å². The van der Waals surface area contributed by atoms with Crippen LogP contribution in [0.1, 0.15) is 13.8 Å². The molecule has 1 N–H and O–H groups in total. The van der Waals surface area contributed by atoms with Gasteiger partial charge in [-0.25, -0.2) is 0 Å². The van der Waals surface area contributed by atoms with Crippen molar-refractivity contribution in [1.82, 2.24) is 0 Å². The molecule has 0 radical (unpaired) electrons. The molecule has 0 unspecified atom stereocenters. The topological polar surface area (TPSA) is 29.5 Å². The van der Waals surface area contributed by atoms with Crippen LogP contribution < -0.4 is 0 Å². The van der Waals surface area contributed by atoms with Crippen molar-refractivity contribution in [2.24, 2.45) is 0 Å². The number of rotatable bonds is 7. The van der Waals surface area contributed by atoms with Gasteiger partial charge in [-0.05, 0) is 19.4 Å². The molecule has 0 heterocycles. The summed E-state index contributed by atoms with van der Waals surface area (Å²) in [6.07, 6.45) is -4.83.